The van der Waals surface area contributed by atoms with Gasteiger partial charge in [0.2, 0.25) is 5.91 Å². The van der Waals surface area contributed by atoms with Gasteiger partial charge in [0.15, 0.2) is 0 Å². The van der Waals surface area contributed by atoms with Gasteiger partial charge in [-0.1, -0.05) is 65.8 Å². The number of phenolic OH excluding ortho intramolecular Hbond substituents is 1. The highest BCUT2D eigenvalue weighted by atomic mass is 16.4. The summed E-state index contributed by atoms with van der Waals surface area (Å²) in [5, 5.41) is 19.8. The van der Waals surface area contributed by atoms with Crippen LogP contribution in [-0.4, -0.2) is 64.6 Å². The maximum Gasteiger partial charge on any atom is 0.307 e. The number of nitrogens with zero attached hydrogens (tertiary/aromatic N) is 2. The molecule has 6 heteroatoms. The van der Waals surface area contributed by atoms with Crippen molar-refractivity contribution in [1.29, 1.82) is 0 Å². The zero-order valence-corrected chi connectivity index (χ0v) is 23.2. The van der Waals surface area contributed by atoms with E-state index in [-0.39, 0.29) is 23.2 Å². The Morgan fingerprint density at radius 2 is 1.38 bits per heavy atom. The van der Waals surface area contributed by atoms with Crippen LogP contribution in [0.4, 0.5) is 0 Å². The molecule has 1 amide bonds. The van der Waals surface area contributed by atoms with Crippen LogP contribution in [0.15, 0.2) is 42.5 Å². The van der Waals surface area contributed by atoms with Gasteiger partial charge in [0.05, 0.1) is 6.42 Å². The standard InChI is InChI=1S/C31H42N2O4/c1-30(2,3)25-19-24(20-26(29(25)37)31(4,5)6)11-12-27(34)33-17-15-32(16-18-33)14-13-22-7-9-23(10-8-22)21-28(35)36/h7-12,19-20,37H,13-18,21H2,1-6H3,(H,35,36)/b12-11+. The lowest BCUT2D eigenvalue weighted by Crippen LogP contribution is -2.48. The molecule has 3 rings (SSSR count). The van der Waals surface area contributed by atoms with Gasteiger partial charge in [0, 0.05) is 49.9 Å². The van der Waals surface area contributed by atoms with E-state index in [1.54, 1.807) is 6.08 Å². The average molecular weight is 507 g/mol. The normalized spacial score (nSPS) is 15.4. The highest BCUT2D eigenvalue weighted by Gasteiger charge is 2.26. The van der Waals surface area contributed by atoms with Crippen molar-refractivity contribution in [2.24, 2.45) is 0 Å². The second-order valence-corrected chi connectivity index (χ2v) is 12.1. The third-order valence-corrected chi connectivity index (χ3v) is 6.95. The fourth-order valence-corrected chi connectivity index (χ4v) is 4.65. The van der Waals surface area contributed by atoms with Gasteiger partial charge in [0.1, 0.15) is 5.75 Å². The fourth-order valence-electron chi connectivity index (χ4n) is 4.65. The first-order valence-corrected chi connectivity index (χ1v) is 13.1. The number of phenols is 1. The van der Waals surface area contributed by atoms with Crippen LogP contribution >= 0.6 is 0 Å². The van der Waals surface area contributed by atoms with E-state index in [9.17, 15) is 14.7 Å². The summed E-state index contributed by atoms with van der Waals surface area (Å²) < 4.78 is 0. The molecule has 1 aliphatic rings. The van der Waals surface area contributed by atoms with E-state index < -0.39 is 5.97 Å². The predicted molar refractivity (Wildman–Crippen MR) is 149 cm³/mol. The van der Waals surface area contributed by atoms with Crippen LogP contribution in [0.5, 0.6) is 5.75 Å². The van der Waals surface area contributed by atoms with Crippen LogP contribution < -0.4 is 0 Å². The van der Waals surface area contributed by atoms with Gasteiger partial charge in [-0.15, -0.1) is 0 Å². The zero-order chi connectivity index (χ0) is 27.4. The molecule has 1 fully saturated rings. The molecule has 1 saturated heterocycles. The summed E-state index contributed by atoms with van der Waals surface area (Å²) in [5.74, 6) is -0.463. The van der Waals surface area contributed by atoms with Gasteiger partial charge in [-0.25, -0.2) is 0 Å². The lowest BCUT2D eigenvalue weighted by molar-refractivity contribution is -0.136. The van der Waals surface area contributed by atoms with E-state index in [0.29, 0.717) is 18.8 Å². The molecular formula is C31H42N2O4. The van der Waals surface area contributed by atoms with E-state index in [1.165, 1.54) is 5.56 Å². The van der Waals surface area contributed by atoms with E-state index >= 15 is 0 Å². The van der Waals surface area contributed by atoms with Crippen LogP contribution in [0, 0.1) is 0 Å². The number of hydrogen-bond donors (Lipinski definition) is 2. The van der Waals surface area contributed by atoms with Crippen LogP contribution in [0.1, 0.15) is 69.4 Å². The molecule has 2 aromatic carbocycles. The first-order chi connectivity index (χ1) is 17.2. The monoisotopic (exact) mass is 506 g/mol. The third-order valence-electron chi connectivity index (χ3n) is 6.95. The first kappa shape index (κ1) is 28.5. The highest BCUT2D eigenvalue weighted by Crippen LogP contribution is 2.40. The summed E-state index contributed by atoms with van der Waals surface area (Å²) >= 11 is 0. The molecule has 0 unspecified atom stereocenters. The third kappa shape index (κ3) is 7.93. The van der Waals surface area contributed by atoms with Crippen molar-refractivity contribution in [1.82, 2.24) is 9.80 Å². The molecule has 37 heavy (non-hydrogen) atoms. The van der Waals surface area contributed by atoms with Crippen molar-refractivity contribution in [3.8, 4) is 5.75 Å². The Hall–Kier alpha value is -3.12. The Morgan fingerprint density at radius 1 is 0.865 bits per heavy atom. The lowest BCUT2D eigenvalue weighted by atomic mass is 9.78. The molecule has 0 radical (unpaired) electrons. The second-order valence-electron chi connectivity index (χ2n) is 12.1. The quantitative estimate of drug-likeness (QED) is 0.516. The smallest absolute Gasteiger partial charge is 0.307 e. The number of benzene rings is 2. The highest BCUT2D eigenvalue weighted by molar-refractivity contribution is 5.92. The molecular weight excluding hydrogens is 464 g/mol. The second kappa shape index (κ2) is 11.5. The lowest BCUT2D eigenvalue weighted by Gasteiger charge is -2.34. The molecule has 0 aromatic heterocycles. The van der Waals surface area contributed by atoms with Crippen molar-refractivity contribution >= 4 is 18.0 Å². The molecule has 6 nitrogen and oxygen atoms in total. The summed E-state index contributed by atoms with van der Waals surface area (Å²) in [7, 11) is 0. The predicted octanol–water partition coefficient (Wildman–Crippen LogP) is 5.01. The number of carbonyl (C=O) groups excluding carboxylic acids is 1. The first-order valence-electron chi connectivity index (χ1n) is 13.1. The topological polar surface area (TPSA) is 81.1 Å². The minimum Gasteiger partial charge on any atom is -0.507 e. The van der Waals surface area contributed by atoms with Crippen LogP contribution in [0.2, 0.25) is 0 Å². The molecule has 0 spiro atoms. The van der Waals surface area contributed by atoms with Crippen molar-refractivity contribution < 1.29 is 19.8 Å². The molecule has 0 aliphatic carbocycles. The van der Waals surface area contributed by atoms with Gasteiger partial charge >= 0.3 is 5.97 Å². The SMILES string of the molecule is CC(C)(C)c1cc(/C=C/C(=O)N2CCN(CCc3ccc(CC(=O)O)cc3)CC2)cc(C(C)(C)C)c1O. The maximum absolute atomic E-state index is 12.9. The van der Waals surface area contributed by atoms with E-state index in [4.69, 9.17) is 5.11 Å². The van der Waals surface area contributed by atoms with E-state index in [0.717, 1.165) is 48.3 Å². The summed E-state index contributed by atoms with van der Waals surface area (Å²) in [6, 6.07) is 11.7. The Kier molecular flexibility index (Phi) is 8.85. The number of piperazine rings is 1. The summed E-state index contributed by atoms with van der Waals surface area (Å²) in [6.07, 6.45) is 4.47. The number of rotatable bonds is 7. The molecule has 0 saturated carbocycles. The molecule has 200 valence electrons. The summed E-state index contributed by atoms with van der Waals surface area (Å²) in [6.45, 7) is 16.5. The molecule has 2 N–H and O–H groups in total. The molecule has 0 atom stereocenters. The fraction of sp³-hybridized carbons (Fsp3) is 0.484. The molecule has 1 aliphatic heterocycles. The van der Waals surface area contributed by atoms with E-state index in [1.807, 2.05) is 47.4 Å². The molecule has 2 aromatic rings. The zero-order valence-electron chi connectivity index (χ0n) is 23.2. The number of amides is 1. The van der Waals surface area contributed by atoms with Crippen molar-refractivity contribution in [3.05, 3.63) is 70.3 Å². The summed E-state index contributed by atoms with van der Waals surface area (Å²) in [4.78, 5) is 28.0. The number of carbonyl (C=O) groups is 2. The minimum absolute atomic E-state index is 0.0105. The maximum atomic E-state index is 12.9. The Labute approximate surface area is 221 Å². The van der Waals surface area contributed by atoms with E-state index in [2.05, 4.69) is 46.4 Å². The average Bonchev–Trinajstić information content (AvgIpc) is 2.81. The van der Waals surface area contributed by atoms with Gasteiger partial charge < -0.3 is 15.1 Å². The van der Waals surface area contributed by atoms with Crippen molar-refractivity contribution in [3.63, 3.8) is 0 Å². The number of aromatic hydroxyl groups is 1. The number of hydrogen-bond acceptors (Lipinski definition) is 4. The minimum atomic E-state index is -0.817. The van der Waals surface area contributed by atoms with Gasteiger partial charge in [-0.3, -0.25) is 14.5 Å². The van der Waals surface area contributed by atoms with Gasteiger partial charge in [0.25, 0.3) is 0 Å². The number of carboxylic acids is 1. The van der Waals surface area contributed by atoms with Crippen LogP contribution in [-0.2, 0) is 33.3 Å². The number of aliphatic carboxylic acids is 1. The van der Waals surface area contributed by atoms with Crippen molar-refractivity contribution in [2.45, 2.75) is 65.2 Å². The number of carboxylic acid groups (broad SMARTS) is 1. The van der Waals surface area contributed by atoms with Crippen LogP contribution in [0.3, 0.4) is 0 Å². The molecule has 1 heterocycles. The Balaban J connectivity index is 1.57. The van der Waals surface area contributed by atoms with Gasteiger partial charge in [-0.05, 0) is 52.1 Å². The van der Waals surface area contributed by atoms with Crippen LogP contribution in [0.25, 0.3) is 6.08 Å². The van der Waals surface area contributed by atoms with Gasteiger partial charge in [-0.2, -0.15) is 0 Å². The Bertz CT molecular complexity index is 1090. The summed E-state index contributed by atoms with van der Waals surface area (Å²) in [5.41, 5.74) is 4.27. The van der Waals surface area contributed by atoms with Crippen molar-refractivity contribution in [2.75, 3.05) is 32.7 Å². The Morgan fingerprint density at radius 3 is 1.86 bits per heavy atom. The molecule has 0 bridgehead atoms. The largest absolute Gasteiger partial charge is 0.507 e.